The van der Waals surface area contributed by atoms with E-state index in [1.165, 1.54) is 0 Å². The Hall–Kier alpha value is -1.82. The number of carboxylic acids is 1. The number of benzene rings is 1. The maximum absolute atomic E-state index is 11.1. The Bertz CT molecular complexity index is 636. The van der Waals surface area contributed by atoms with Crippen LogP contribution in [0.4, 0.5) is 0 Å². The second-order valence-corrected chi connectivity index (χ2v) is 4.89. The van der Waals surface area contributed by atoms with Gasteiger partial charge in [-0.05, 0) is 18.2 Å². The van der Waals surface area contributed by atoms with Crippen LogP contribution in [0.3, 0.4) is 0 Å². The highest BCUT2D eigenvalue weighted by molar-refractivity contribution is 9.10. The number of carboxylic acid groups (broad SMARTS) is 1. The topological polar surface area (TPSA) is 75.2 Å². The summed E-state index contributed by atoms with van der Waals surface area (Å²) in [5.41, 5.74) is 2.29. The largest absolute Gasteiger partial charge is 0.493 e. The molecule has 18 heavy (non-hydrogen) atoms. The fourth-order valence-electron chi connectivity index (χ4n) is 2.08. The SMILES string of the molecule is O=C(O)c1[nH]nc2c1CCOc1ccc(Br)cc1-2. The first-order valence-electron chi connectivity index (χ1n) is 5.40. The highest BCUT2D eigenvalue weighted by Gasteiger charge is 2.24. The van der Waals surface area contributed by atoms with Gasteiger partial charge in [0.1, 0.15) is 17.1 Å². The average Bonchev–Trinajstić information content (AvgIpc) is 2.67. The molecule has 0 aliphatic carbocycles. The summed E-state index contributed by atoms with van der Waals surface area (Å²) in [6, 6.07) is 5.62. The van der Waals surface area contributed by atoms with Crippen molar-refractivity contribution in [3.8, 4) is 17.0 Å². The van der Waals surface area contributed by atoms with Crippen LogP contribution in [0, 0.1) is 0 Å². The molecule has 0 saturated heterocycles. The van der Waals surface area contributed by atoms with Crippen molar-refractivity contribution in [2.45, 2.75) is 6.42 Å². The first-order valence-corrected chi connectivity index (χ1v) is 6.19. The van der Waals surface area contributed by atoms with Crippen molar-refractivity contribution in [2.75, 3.05) is 6.61 Å². The van der Waals surface area contributed by atoms with Crippen molar-refractivity contribution >= 4 is 21.9 Å². The van der Waals surface area contributed by atoms with Gasteiger partial charge in [-0.2, -0.15) is 5.10 Å². The van der Waals surface area contributed by atoms with E-state index >= 15 is 0 Å². The Morgan fingerprint density at radius 3 is 3.11 bits per heavy atom. The fraction of sp³-hybridized carbons (Fsp3) is 0.167. The fourth-order valence-corrected chi connectivity index (χ4v) is 2.45. The molecule has 0 unspecified atom stereocenters. The normalized spacial score (nSPS) is 13.2. The number of aromatic carboxylic acids is 1. The molecular formula is C12H9BrN2O3. The van der Waals surface area contributed by atoms with Gasteiger partial charge in [0.2, 0.25) is 0 Å². The lowest BCUT2D eigenvalue weighted by Gasteiger charge is -2.06. The van der Waals surface area contributed by atoms with Gasteiger partial charge in [0.15, 0.2) is 0 Å². The molecule has 0 atom stereocenters. The molecule has 92 valence electrons. The molecule has 0 saturated carbocycles. The minimum atomic E-state index is -0.998. The molecule has 5 nitrogen and oxygen atoms in total. The van der Waals surface area contributed by atoms with Gasteiger partial charge in [-0.25, -0.2) is 4.79 Å². The zero-order valence-corrected chi connectivity index (χ0v) is 10.8. The van der Waals surface area contributed by atoms with Crippen LogP contribution in [0.15, 0.2) is 22.7 Å². The predicted octanol–water partition coefficient (Wildman–Crippen LogP) is 2.47. The van der Waals surface area contributed by atoms with E-state index in [1.807, 2.05) is 18.2 Å². The lowest BCUT2D eigenvalue weighted by molar-refractivity contribution is 0.0689. The molecule has 6 heteroatoms. The van der Waals surface area contributed by atoms with Gasteiger partial charge >= 0.3 is 5.97 Å². The molecule has 0 bridgehead atoms. The Kier molecular flexibility index (Phi) is 2.59. The Morgan fingerprint density at radius 2 is 2.33 bits per heavy atom. The smallest absolute Gasteiger partial charge is 0.354 e. The molecule has 1 aromatic carbocycles. The number of H-pyrrole nitrogens is 1. The molecule has 1 aromatic heterocycles. The number of aromatic nitrogens is 2. The Balaban J connectivity index is 2.25. The number of halogens is 1. The summed E-state index contributed by atoms with van der Waals surface area (Å²) >= 11 is 3.39. The van der Waals surface area contributed by atoms with E-state index in [0.29, 0.717) is 24.3 Å². The summed E-state index contributed by atoms with van der Waals surface area (Å²) in [4.78, 5) is 11.1. The van der Waals surface area contributed by atoms with Crippen LogP contribution in [-0.4, -0.2) is 27.9 Å². The van der Waals surface area contributed by atoms with Gasteiger partial charge in [-0.15, -0.1) is 0 Å². The number of fused-ring (bicyclic) bond motifs is 3. The number of nitrogens with zero attached hydrogens (tertiary/aromatic N) is 1. The number of ether oxygens (including phenoxy) is 1. The third-order valence-corrected chi connectivity index (χ3v) is 3.38. The number of carbonyl (C=O) groups is 1. The number of nitrogens with one attached hydrogen (secondary N) is 1. The molecule has 1 aliphatic rings. The molecule has 2 heterocycles. The van der Waals surface area contributed by atoms with Crippen LogP contribution in [0.5, 0.6) is 5.75 Å². The average molecular weight is 309 g/mol. The summed E-state index contributed by atoms with van der Waals surface area (Å²) in [5.74, 6) is -0.275. The third kappa shape index (κ3) is 1.69. The highest BCUT2D eigenvalue weighted by atomic mass is 79.9. The molecule has 2 aromatic rings. The Labute approximate surface area is 111 Å². The summed E-state index contributed by atoms with van der Waals surface area (Å²) in [6.07, 6.45) is 0.528. The number of hydrogen-bond acceptors (Lipinski definition) is 3. The van der Waals surface area contributed by atoms with Crippen molar-refractivity contribution in [3.63, 3.8) is 0 Å². The first kappa shape index (κ1) is 11.3. The summed E-state index contributed by atoms with van der Waals surface area (Å²) in [5, 5.41) is 15.8. The molecule has 0 amide bonds. The van der Waals surface area contributed by atoms with E-state index in [0.717, 1.165) is 15.8 Å². The van der Waals surface area contributed by atoms with Crippen molar-refractivity contribution in [2.24, 2.45) is 0 Å². The van der Waals surface area contributed by atoms with E-state index in [-0.39, 0.29) is 5.69 Å². The quantitative estimate of drug-likeness (QED) is 0.848. The zero-order valence-electron chi connectivity index (χ0n) is 9.24. The van der Waals surface area contributed by atoms with Crippen molar-refractivity contribution in [1.29, 1.82) is 0 Å². The van der Waals surface area contributed by atoms with Gasteiger partial charge < -0.3 is 9.84 Å². The highest BCUT2D eigenvalue weighted by Crippen LogP contribution is 2.36. The van der Waals surface area contributed by atoms with Crippen LogP contribution >= 0.6 is 15.9 Å². The van der Waals surface area contributed by atoms with Crippen LogP contribution in [-0.2, 0) is 6.42 Å². The zero-order chi connectivity index (χ0) is 12.7. The van der Waals surface area contributed by atoms with Gasteiger partial charge in [-0.3, -0.25) is 5.10 Å². The van der Waals surface area contributed by atoms with Crippen molar-refractivity contribution < 1.29 is 14.6 Å². The van der Waals surface area contributed by atoms with E-state index in [9.17, 15) is 4.79 Å². The maximum atomic E-state index is 11.1. The van der Waals surface area contributed by atoms with Crippen LogP contribution in [0.1, 0.15) is 16.1 Å². The second kappa shape index (κ2) is 4.13. The lowest BCUT2D eigenvalue weighted by atomic mass is 10.0. The third-order valence-electron chi connectivity index (χ3n) is 2.89. The van der Waals surface area contributed by atoms with Crippen molar-refractivity contribution in [1.82, 2.24) is 10.2 Å². The number of hydrogen-bond donors (Lipinski definition) is 2. The van der Waals surface area contributed by atoms with Gasteiger partial charge in [0.25, 0.3) is 0 Å². The second-order valence-electron chi connectivity index (χ2n) is 3.97. The summed E-state index contributed by atoms with van der Waals surface area (Å²) in [7, 11) is 0. The first-order chi connectivity index (χ1) is 8.66. The molecule has 1 aliphatic heterocycles. The van der Waals surface area contributed by atoms with E-state index in [2.05, 4.69) is 26.1 Å². The Morgan fingerprint density at radius 1 is 1.50 bits per heavy atom. The summed E-state index contributed by atoms with van der Waals surface area (Å²) in [6.45, 7) is 0.446. The van der Waals surface area contributed by atoms with E-state index in [1.54, 1.807) is 0 Å². The maximum Gasteiger partial charge on any atom is 0.354 e. The predicted molar refractivity (Wildman–Crippen MR) is 67.9 cm³/mol. The van der Waals surface area contributed by atoms with Crippen molar-refractivity contribution in [3.05, 3.63) is 33.9 Å². The van der Waals surface area contributed by atoms with Crippen LogP contribution < -0.4 is 4.74 Å². The minimum absolute atomic E-state index is 0.140. The lowest BCUT2D eigenvalue weighted by Crippen LogP contribution is -2.05. The molecular weight excluding hydrogens is 300 g/mol. The minimum Gasteiger partial charge on any atom is -0.493 e. The van der Waals surface area contributed by atoms with Gasteiger partial charge in [0, 0.05) is 22.0 Å². The molecule has 0 radical (unpaired) electrons. The van der Waals surface area contributed by atoms with Crippen LogP contribution in [0.2, 0.25) is 0 Å². The van der Waals surface area contributed by atoms with Gasteiger partial charge in [0.05, 0.1) is 6.61 Å². The van der Waals surface area contributed by atoms with E-state index in [4.69, 9.17) is 9.84 Å². The standard InChI is InChI=1S/C12H9BrN2O3/c13-6-1-2-9-8(5-6)10-7(3-4-18-9)11(12(16)17)15-14-10/h1-2,5H,3-4H2,(H,14,15)(H,16,17). The van der Waals surface area contributed by atoms with Gasteiger partial charge in [-0.1, -0.05) is 15.9 Å². The molecule has 0 fully saturated rings. The van der Waals surface area contributed by atoms with E-state index < -0.39 is 5.97 Å². The molecule has 2 N–H and O–H groups in total. The summed E-state index contributed by atoms with van der Waals surface area (Å²) < 4.78 is 6.51. The number of rotatable bonds is 1. The monoisotopic (exact) mass is 308 g/mol. The number of aromatic amines is 1. The van der Waals surface area contributed by atoms with Crippen LogP contribution in [0.25, 0.3) is 11.3 Å². The molecule has 3 rings (SSSR count). The molecule has 0 spiro atoms.